The minimum Gasteiger partial charge on any atom is -0.462 e. The van der Waals surface area contributed by atoms with Crippen molar-refractivity contribution in [3.05, 3.63) is 60.8 Å². The zero-order chi connectivity index (χ0) is 13.6. The molecule has 1 aliphatic rings. The second kappa shape index (κ2) is 11.3. The van der Waals surface area contributed by atoms with E-state index in [0.717, 1.165) is 32.1 Å². The highest BCUT2D eigenvalue weighted by molar-refractivity contribution is 5.82. The van der Waals surface area contributed by atoms with Gasteiger partial charge in [-0.2, -0.15) is 0 Å². The molecule has 19 heavy (non-hydrogen) atoms. The van der Waals surface area contributed by atoms with Crippen molar-refractivity contribution in [2.45, 2.75) is 32.1 Å². The summed E-state index contributed by atoms with van der Waals surface area (Å²) in [4.78, 5) is 11.3. The van der Waals surface area contributed by atoms with Gasteiger partial charge in [-0.25, -0.2) is 4.79 Å². The van der Waals surface area contributed by atoms with Gasteiger partial charge < -0.3 is 4.74 Å². The monoisotopic (exact) mass is 258 g/mol. The summed E-state index contributed by atoms with van der Waals surface area (Å²) in [5.41, 5.74) is 0. The quantitative estimate of drug-likeness (QED) is 0.479. The van der Waals surface area contributed by atoms with Gasteiger partial charge in [0.15, 0.2) is 0 Å². The smallest absolute Gasteiger partial charge is 0.330 e. The van der Waals surface area contributed by atoms with Crippen LogP contribution in [0.3, 0.4) is 0 Å². The van der Waals surface area contributed by atoms with Crippen molar-refractivity contribution in [3.63, 3.8) is 0 Å². The maximum atomic E-state index is 11.3. The third-order valence-corrected chi connectivity index (χ3v) is 2.56. The summed E-state index contributed by atoms with van der Waals surface area (Å²) >= 11 is 0. The number of cyclic esters (lactones) is 1. The predicted octanol–water partition coefficient (Wildman–Crippen LogP) is 4.27. The average Bonchev–Trinajstić information content (AvgIpc) is 2.41. The molecule has 0 saturated carbocycles. The minimum atomic E-state index is -0.283. The summed E-state index contributed by atoms with van der Waals surface area (Å²) in [7, 11) is 0. The minimum absolute atomic E-state index is 0.283. The Balaban J connectivity index is 2.44. The Kier molecular flexibility index (Phi) is 9.03. The SMILES string of the molecule is O=C1C=CC=CCCC=CCCC=CC=CCCO1. The van der Waals surface area contributed by atoms with E-state index in [2.05, 4.69) is 24.3 Å². The third-order valence-electron chi connectivity index (χ3n) is 2.56. The molecule has 0 spiro atoms. The number of allylic oxidation sites excluding steroid dienone is 8. The van der Waals surface area contributed by atoms with Crippen LogP contribution in [-0.2, 0) is 9.53 Å². The van der Waals surface area contributed by atoms with E-state index in [1.54, 1.807) is 6.08 Å². The molecule has 0 atom stereocenters. The lowest BCUT2D eigenvalue weighted by atomic mass is 10.2. The Hall–Kier alpha value is -1.83. The summed E-state index contributed by atoms with van der Waals surface area (Å²) in [6.45, 7) is 0.431. The van der Waals surface area contributed by atoms with Crippen LogP contribution in [0.1, 0.15) is 32.1 Å². The first kappa shape index (κ1) is 15.2. The van der Waals surface area contributed by atoms with Gasteiger partial charge in [0.1, 0.15) is 0 Å². The molecule has 2 heteroatoms. The number of carbonyl (C=O) groups excluding carboxylic acids is 1. The molecule has 0 saturated heterocycles. The topological polar surface area (TPSA) is 26.3 Å². The van der Waals surface area contributed by atoms with Crippen molar-refractivity contribution in [2.75, 3.05) is 6.61 Å². The average molecular weight is 258 g/mol. The fourth-order valence-electron chi connectivity index (χ4n) is 1.55. The molecule has 2 nitrogen and oxygen atoms in total. The first-order valence-corrected chi connectivity index (χ1v) is 6.86. The Bertz CT molecular complexity index is 384. The molecule has 0 aromatic rings. The van der Waals surface area contributed by atoms with Crippen molar-refractivity contribution in [1.82, 2.24) is 0 Å². The number of rotatable bonds is 0. The maximum absolute atomic E-state index is 11.3. The Morgan fingerprint density at radius 1 is 0.684 bits per heavy atom. The van der Waals surface area contributed by atoms with Gasteiger partial charge in [-0.15, -0.1) is 0 Å². The summed E-state index contributed by atoms with van der Waals surface area (Å²) in [6, 6.07) is 0. The van der Waals surface area contributed by atoms with E-state index < -0.39 is 0 Å². The number of hydrogen-bond acceptors (Lipinski definition) is 2. The third kappa shape index (κ3) is 9.83. The molecule has 0 aromatic heterocycles. The molecular formula is C17H22O2. The highest BCUT2D eigenvalue weighted by atomic mass is 16.5. The van der Waals surface area contributed by atoms with Crippen LogP contribution < -0.4 is 0 Å². The zero-order valence-electron chi connectivity index (χ0n) is 11.3. The fraction of sp³-hybridized carbons (Fsp3) is 0.353. The van der Waals surface area contributed by atoms with E-state index in [0.29, 0.717) is 6.61 Å². The van der Waals surface area contributed by atoms with Crippen LogP contribution >= 0.6 is 0 Å². The molecule has 0 aliphatic carbocycles. The second-order valence-corrected chi connectivity index (χ2v) is 4.23. The molecule has 0 radical (unpaired) electrons. The van der Waals surface area contributed by atoms with Gasteiger partial charge in [0.2, 0.25) is 0 Å². The van der Waals surface area contributed by atoms with Crippen LogP contribution in [0.4, 0.5) is 0 Å². The van der Waals surface area contributed by atoms with E-state index in [1.807, 2.05) is 24.3 Å². The Morgan fingerprint density at radius 2 is 1.21 bits per heavy atom. The van der Waals surface area contributed by atoms with E-state index in [9.17, 15) is 4.79 Å². The van der Waals surface area contributed by atoms with Gasteiger partial charge >= 0.3 is 5.97 Å². The molecule has 0 amide bonds. The Labute approximate surface area is 115 Å². The molecule has 1 rings (SSSR count). The van der Waals surface area contributed by atoms with Gasteiger partial charge in [0, 0.05) is 6.08 Å². The van der Waals surface area contributed by atoms with Crippen molar-refractivity contribution in [2.24, 2.45) is 0 Å². The molecular weight excluding hydrogens is 236 g/mol. The number of esters is 1. The van der Waals surface area contributed by atoms with E-state index in [4.69, 9.17) is 4.74 Å². The predicted molar refractivity (Wildman–Crippen MR) is 79.7 cm³/mol. The van der Waals surface area contributed by atoms with Crippen LogP contribution in [0.5, 0.6) is 0 Å². The van der Waals surface area contributed by atoms with Gasteiger partial charge in [-0.3, -0.25) is 0 Å². The van der Waals surface area contributed by atoms with E-state index in [-0.39, 0.29) is 5.97 Å². The second-order valence-electron chi connectivity index (χ2n) is 4.23. The molecule has 1 heterocycles. The van der Waals surface area contributed by atoms with Gasteiger partial charge in [-0.05, 0) is 32.1 Å². The van der Waals surface area contributed by atoms with Crippen LogP contribution in [0.2, 0.25) is 0 Å². The molecule has 0 unspecified atom stereocenters. The maximum Gasteiger partial charge on any atom is 0.330 e. The van der Waals surface area contributed by atoms with Crippen molar-refractivity contribution in [3.8, 4) is 0 Å². The normalized spacial score (nSPS) is 18.8. The highest BCUT2D eigenvalue weighted by Gasteiger charge is 1.93. The summed E-state index contributed by atoms with van der Waals surface area (Å²) in [5, 5.41) is 0. The van der Waals surface area contributed by atoms with Gasteiger partial charge in [-0.1, -0.05) is 54.7 Å². The standard InChI is InChI=1S/C17H22O2/c18-17-15-13-11-9-7-5-3-1-2-4-6-8-10-12-14-16-19-17/h1,3,6,8-13,15H,2,4-5,7,14,16H2. The van der Waals surface area contributed by atoms with Gasteiger partial charge in [0.05, 0.1) is 6.61 Å². The molecule has 0 N–H and O–H groups in total. The molecule has 0 bridgehead atoms. The molecule has 0 fully saturated rings. The van der Waals surface area contributed by atoms with Gasteiger partial charge in [0.25, 0.3) is 0 Å². The molecule has 102 valence electrons. The Morgan fingerprint density at radius 3 is 1.89 bits per heavy atom. The zero-order valence-corrected chi connectivity index (χ0v) is 11.3. The lowest BCUT2D eigenvalue weighted by Gasteiger charge is -1.97. The molecule has 0 aromatic carbocycles. The van der Waals surface area contributed by atoms with Crippen LogP contribution in [-0.4, -0.2) is 12.6 Å². The number of hydrogen-bond donors (Lipinski definition) is 0. The first-order chi connectivity index (χ1) is 9.39. The number of ether oxygens (including phenoxy) is 1. The lowest BCUT2D eigenvalue weighted by Crippen LogP contribution is -2.00. The fourth-order valence-corrected chi connectivity index (χ4v) is 1.55. The van der Waals surface area contributed by atoms with Crippen molar-refractivity contribution < 1.29 is 9.53 Å². The van der Waals surface area contributed by atoms with E-state index in [1.165, 1.54) is 6.08 Å². The van der Waals surface area contributed by atoms with Crippen LogP contribution in [0.25, 0.3) is 0 Å². The highest BCUT2D eigenvalue weighted by Crippen LogP contribution is 1.99. The van der Waals surface area contributed by atoms with Crippen LogP contribution in [0.15, 0.2) is 60.8 Å². The first-order valence-electron chi connectivity index (χ1n) is 6.86. The summed E-state index contributed by atoms with van der Waals surface area (Å²) in [5.74, 6) is -0.283. The largest absolute Gasteiger partial charge is 0.462 e. The van der Waals surface area contributed by atoms with Crippen molar-refractivity contribution in [1.29, 1.82) is 0 Å². The lowest BCUT2D eigenvalue weighted by molar-refractivity contribution is -0.137. The van der Waals surface area contributed by atoms with Crippen molar-refractivity contribution >= 4 is 5.97 Å². The molecule has 1 aliphatic heterocycles. The van der Waals surface area contributed by atoms with Crippen LogP contribution in [0, 0.1) is 0 Å². The van der Waals surface area contributed by atoms with E-state index >= 15 is 0 Å². The summed E-state index contributed by atoms with van der Waals surface area (Å²) in [6.07, 6.45) is 24.7. The number of carbonyl (C=O) groups is 1. The summed E-state index contributed by atoms with van der Waals surface area (Å²) < 4.78 is 5.04.